The molecule has 2 rings (SSSR count). The summed E-state index contributed by atoms with van der Waals surface area (Å²) in [6, 6.07) is 5.86. The SMILES string of the molecule is CCCCCCC(CCCCCC)C(=O)c1ccc(CS(=O)(=O)O)o1.CCCCCCCCCCCCCC(=O)c1ccc(CS(=O)(=O)O)o1. The van der Waals surface area contributed by atoms with Gasteiger partial charge in [0.2, 0.25) is 5.78 Å². The number of hydrogen-bond donors (Lipinski definition) is 2. The Bertz CT molecular complexity index is 1390. The number of Topliss-reactive ketones (excluding diaryl/α,β-unsaturated/α-hetero) is 2. The standard InChI is InChI=1S/2C19H32O5S/c1-3-5-7-9-11-16(12-10-8-6-4-2)19(20)18-14-13-17(24-18)15-25(21,22)23;1-2-3-4-5-6-7-8-9-10-11-12-13-18(20)19-15-14-17(24-19)16-25(21,22)23/h13-14,16H,3-12,15H2,1-2H3,(H,21,22,23);14-15H,2-13,16H2,1H3,(H,21,22,23). The number of hydrogen-bond acceptors (Lipinski definition) is 8. The van der Waals surface area contributed by atoms with Gasteiger partial charge in [0.05, 0.1) is 0 Å². The van der Waals surface area contributed by atoms with Crippen LogP contribution in [0.1, 0.15) is 195 Å². The summed E-state index contributed by atoms with van der Waals surface area (Å²) in [5.41, 5.74) is 0. The van der Waals surface area contributed by atoms with Crippen LogP contribution in [0.5, 0.6) is 0 Å². The average Bonchev–Trinajstić information content (AvgIpc) is 3.71. The van der Waals surface area contributed by atoms with Gasteiger partial charge < -0.3 is 8.83 Å². The molecule has 12 heteroatoms. The molecule has 0 unspecified atom stereocenters. The maximum atomic E-state index is 12.7. The minimum atomic E-state index is -4.16. The van der Waals surface area contributed by atoms with Crippen molar-refractivity contribution in [2.75, 3.05) is 0 Å². The van der Waals surface area contributed by atoms with E-state index in [0.29, 0.717) is 6.42 Å². The van der Waals surface area contributed by atoms with Gasteiger partial charge in [-0.3, -0.25) is 18.7 Å². The maximum Gasteiger partial charge on any atom is 0.272 e. The molecular weight excluding hydrogens is 681 g/mol. The second kappa shape index (κ2) is 26.5. The third-order valence-corrected chi connectivity index (χ3v) is 9.98. The van der Waals surface area contributed by atoms with Gasteiger partial charge in [-0.25, -0.2) is 0 Å². The molecule has 2 aromatic rings. The molecule has 10 nitrogen and oxygen atoms in total. The van der Waals surface area contributed by atoms with Gasteiger partial charge in [0.15, 0.2) is 17.3 Å². The molecule has 0 aliphatic carbocycles. The fourth-order valence-electron chi connectivity index (χ4n) is 5.87. The van der Waals surface area contributed by atoms with Gasteiger partial charge >= 0.3 is 0 Å². The minimum Gasteiger partial charge on any atom is -0.457 e. The maximum absolute atomic E-state index is 12.7. The van der Waals surface area contributed by atoms with Crippen molar-refractivity contribution < 1.29 is 44.4 Å². The molecule has 0 aliphatic heterocycles. The Hall–Kier alpha value is -2.28. The highest BCUT2D eigenvalue weighted by Crippen LogP contribution is 2.24. The lowest BCUT2D eigenvalue weighted by molar-refractivity contribution is 0.0871. The minimum absolute atomic E-state index is 0.0467. The molecule has 2 aromatic heterocycles. The molecule has 0 saturated carbocycles. The highest BCUT2D eigenvalue weighted by molar-refractivity contribution is 7.85. The molecule has 2 N–H and O–H groups in total. The van der Waals surface area contributed by atoms with E-state index >= 15 is 0 Å². The molecule has 2 heterocycles. The molecule has 50 heavy (non-hydrogen) atoms. The summed E-state index contributed by atoms with van der Waals surface area (Å²) in [7, 11) is -8.29. The van der Waals surface area contributed by atoms with Crippen molar-refractivity contribution in [2.45, 2.75) is 174 Å². The number of furan rings is 2. The first-order chi connectivity index (χ1) is 23.8. The van der Waals surface area contributed by atoms with Crippen molar-refractivity contribution in [3.8, 4) is 0 Å². The molecule has 0 aliphatic rings. The van der Waals surface area contributed by atoms with Crippen LogP contribution >= 0.6 is 0 Å². The Kier molecular flexibility index (Phi) is 24.2. The van der Waals surface area contributed by atoms with Crippen LogP contribution in [0.25, 0.3) is 0 Å². The summed E-state index contributed by atoms with van der Waals surface area (Å²) in [6.07, 6.45) is 24.6. The molecule has 0 radical (unpaired) electrons. The molecular formula is C38H64O10S2. The van der Waals surface area contributed by atoms with Gasteiger partial charge in [-0.05, 0) is 43.5 Å². The van der Waals surface area contributed by atoms with E-state index in [1.807, 2.05) is 0 Å². The summed E-state index contributed by atoms with van der Waals surface area (Å²) in [5.74, 6) is -0.867. The average molecular weight is 745 g/mol. The summed E-state index contributed by atoms with van der Waals surface area (Å²) in [4.78, 5) is 24.7. The Morgan fingerprint density at radius 1 is 0.540 bits per heavy atom. The smallest absolute Gasteiger partial charge is 0.272 e. The number of carbonyl (C=O) groups excluding carboxylic acids is 2. The molecule has 288 valence electrons. The highest BCUT2D eigenvalue weighted by Gasteiger charge is 2.23. The van der Waals surface area contributed by atoms with Crippen molar-refractivity contribution in [1.29, 1.82) is 0 Å². The molecule has 0 aromatic carbocycles. The summed E-state index contributed by atoms with van der Waals surface area (Å²) >= 11 is 0. The molecule has 0 fully saturated rings. The van der Waals surface area contributed by atoms with Crippen molar-refractivity contribution in [3.63, 3.8) is 0 Å². The largest absolute Gasteiger partial charge is 0.457 e. The fourth-order valence-corrected chi connectivity index (χ4v) is 6.90. The van der Waals surface area contributed by atoms with E-state index < -0.39 is 31.7 Å². The van der Waals surface area contributed by atoms with Crippen LogP contribution in [0.15, 0.2) is 33.1 Å². The van der Waals surface area contributed by atoms with Crippen molar-refractivity contribution in [2.24, 2.45) is 5.92 Å². The Morgan fingerprint density at radius 3 is 1.32 bits per heavy atom. The fraction of sp³-hybridized carbons (Fsp3) is 0.737. The van der Waals surface area contributed by atoms with Crippen LogP contribution in [0.4, 0.5) is 0 Å². The number of rotatable bonds is 29. The van der Waals surface area contributed by atoms with E-state index in [9.17, 15) is 26.4 Å². The zero-order valence-electron chi connectivity index (χ0n) is 30.8. The van der Waals surface area contributed by atoms with Crippen LogP contribution in [0.2, 0.25) is 0 Å². The third-order valence-electron chi connectivity index (χ3n) is 8.68. The quantitative estimate of drug-likeness (QED) is 0.0464. The Labute approximate surface area is 302 Å². The van der Waals surface area contributed by atoms with E-state index in [2.05, 4.69) is 20.8 Å². The zero-order chi connectivity index (χ0) is 37.3. The topological polar surface area (TPSA) is 169 Å². The van der Waals surface area contributed by atoms with Crippen LogP contribution in [-0.4, -0.2) is 37.5 Å². The first-order valence-corrected chi connectivity index (χ1v) is 22.2. The summed E-state index contributed by atoms with van der Waals surface area (Å²) in [5, 5.41) is 0. The first kappa shape index (κ1) is 45.7. The van der Waals surface area contributed by atoms with Gasteiger partial charge in [-0.1, -0.05) is 136 Å². The molecule has 0 atom stereocenters. The zero-order valence-corrected chi connectivity index (χ0v) is 32.5. The van der Waals surface area contributed by atoms with Crippen molar-refractivity contribution >= 4 is 31.8 Å². The third kappa shape index (κ3) is 23.2. The van der Waals surface area contributed by atoms with E-state index in [-0.39, 0.29) is 40.5 Å². The van der Waals surface area contributed by atoms with Gasteiger partial charge in [-0.2, -0.15) is 16.8 Å². The second-order valence-corrected chi connectivity index (χ2v) is 16.4. The Balaban J connectivity index is 0.000000500. The van der Waals surface area contributed by atoms with Crippen molar-refractivity contribution in [3.05, 3.63) is 47.3 Å². The molecule has 0 spiro atoms. The lowest BCUT2D eigenvalue weighted by atomic mass is 9.90. The van der Waals surface area contributed by atoms with Crippen LogP contribution < -0.4 is 0 Å². The predicted octanol–water partition coefficient (Wildman–Crippen LogP) is 11.0. The van der Waals surface area contributed by atoms with E-state index in [0.717, 1.165) is 70.6 Å². The normalized spacial score (nSPS) is 11.9. The monoisotopic (exact) mass is 744 g/mol. The Morgan fingerprint density at radius 2 is 0.900 bits per heavy atom. The number of ketones is 2. The van der Waals surface area contributed by atoms with Crippen LogP contribution in [-0.2, 0) is 31.7 Å². The summed E-state index contributed by atoms with van der Waals surface area (Å²) < 4.78 is 71.6. The highest BCUT2D eigenvalue weighted by atomic mass is 32.2. The molecule has 0 amide bonds. The van der Waals surface area contributed by atoms with Gasteiger partial charge in [0, 0.05) is 12.3 Å². The van der Waals surface area contributed by atoms with E-state index in [1.54, 1.807) is 0 Å². The van der Waals surface area contributed by atoms with Crippen LogP contribution in [0.3, 0.4) is 0 Å². The number of carbonyl (C=O) groups is 2. The first-order valence-electron chi connectivity index (χ1n) is 18.9. The van der Waals surface area contributed by atoms with Crippen molar-refractivity contribution in [1.82, 2.24) is 0 Å². The van der Waals surface area contributed by atoms with Crippen LogP contribution in [0, 0.1) is 5.92 Å². The van der Waals surface area contributed by atoms with Gasteiger partial charge in [0.1, 0.15) is 23.0 Å². The lowest BCUT2D eigenvalue weighted by Crippen LogP contribution is -2.14. The molecule has 0 saturated heterocycles. The molecule has 0 bridgehead atoms. The lowest BCUT2D eigenvalue weighted by Gasteiger charge is -2.14. The van der Waals surface area contributed by atoms with Gasteiger partial charge in [0.25, 0.3) is 20.2 Å². The van der Waals surface area contributed by atoms with E-state index in [4.69, 9.17) is 17.9 Å². The predicted molar refractivity (Wildman–Crippen MR) is 199 cm³/mol. The number of unbranched alkanes of at least 4 members (excludes halogenated alkanes) is 16. The van der Waals surface area contributed by atoms with Gasteiger partial charge in [-0.15, -0.1) is 0 Å². The van der Waals surface area contributed by atoms with E-state index in [1.165, 1.54) is 88.5 Å². The summed E-state index contributed by atoms with van der Waals surface area (Å²) in [6.45, 7) is 6.55. The second-order valence-electron chi connectivity index (χ2n) is 13.5.